The Hall–Kier alpha value is -2.92. The molecule has 0 spiro atoms. The third kappa shape index (κ3) is 4.49. The Morgan fingerprint density at radius 1 is 1.04 bits per heavy atom. The molecule has 3 aromatic rings. The second-order valence-electron chi connectivity index (χ2n) is 7.14. The third-order valence-electron chi connectivity index (χ3n) is 5.03. The maximum absolute atomic E-state index is 5.40. The smallest absolute Gasteiger partial charge is 0.171 e. The van der Waals surface area contributed by atoms with Crippen LogP contribution in [0.3, 0.4) is 0 Å². The third-order valence-corrected chi connectivity index (χ3v) is 5.28. The Balaban J connectivity index is 1.32. The first-order valence-corrected chi connectivity index (χ1v) is 9.96. The molecule has 142 valence electrons. The average Bonchev–Trinajstić information content (AvgIpc) is 2.73. The lowest BCUT2D eigenvalue weighted by Crippen LogP contribution is -2.31. The average molecular weight is 389 g/mol. The number of nitrogens with one attached hydrogen (secondary N) is 2. The number of fused-ring (bicyclic) bond motifs is 1. The molecule has 0 fully saturated rings. The molecule has 0 bridgehead atoms. The van der Waals surface area contributed by atoms with E-state index in [1.807, 2.05) is 12.3 Å². The van der Waals surface area contributed by atoms with Crippen LogP contribution in [0.2, 0.25) is 0 Å². The van der Waals surface area contributed by atoms with Crippen molar-refractivity contribution in [2.24, 2.45) is 0 Å². The van der Waals surface area contributed by atoms with Crippen LogP contribution in [0.15, 0.2) is 66.9 Å². The van der Waals surface area contributed by atoms with Gasteiger partial charge in [-0.15, -0.1) is 0 Å². The van der Waals surface area contributed by atoms with Gasteiger partial charge < -0.3 is 15.5 Å². The van der Waals surface area contributed by atoms with E-state index in [2.05, 4.69) is 82.0 Å². The van der Waals surface area contributed by atoms with E-state index in [1.165, 1.54) is 22.3 Å². The second kappa shape index (κ2) is 8.40. The van der Waals surface area contributed by atoms with Gasteiger partial charge in [0, 0.05) is 19.6 Å². The van der Waals surface area contributed by atoms with E-state index in [4.69, 9.17) is 12.2 Å². The van der Waals surface area contributed by atoms with Crippen LogP contribution in [-0.2, 0) is 19.5 Å². The quantitative estimate of drug-likeness (QED) is 0.647. The number of pyridine rings is 1. The Bertz CT molecular complexity index is 951. The highest BCUT2D eigenvalue weighted by Gasteiger charge is 2.16. The second-order valence-corrected chi connectivity index (χ2v) is 7.55. The van der Waals surface area contributed by atoms with Crippen molar-refractivity contribution in [3.8, 4) is 0 Å². The standard InChI is InChI=1S/C23H24N4S/c1-17-6-8-18(9-7-17)14-25-23(28)26-21-10-11-22(24-15-21)27-13-12-19-4-2-3-5-20(19)16-27/h2-11,15H,12-14,16H2,1H3,(H2,25,26,28). The minimum Gasteiger partial charge on any atom is -0.358 e. The number of nitrogens with zero attached hydrogens (tertiary/aromatic N) is 2. The zero-order chi connectivity index (χ0) is 19.3. The summed E-state index contributed by atoms with van der Waals surface area (Å²) >= 11 is 5.40. The summed E-state index contributed by atoms with van der Waals surface area (Å²) in [6, 6.07) is 21.2. The summed E-state index contributed by atoms with van der Waals surface area (Å²) in [5.41, 5.74) is 6.19. The highest BCUT2D eigenvalue weighted by atomic mass is 32.1. The lowest BCUT2D eigenvalue weighted by Gasteiger charge is -2.29. The van der Waals surface area contributed by atoms with E-state index in [-0.39, 0.29) is 0 Å². The van der Waals surface area contributed by atoms with Crippen LogP contribution in [0.25, 0.3) is 0 Å². The monoisotopic (exact) mass is 388 g/mol. The van der Waals surface area contributed by atoms with Crippen LogP contribution in [0.4, 0.5) is 11.5 Å². The molecule has 0 radical (unpaired) electrons. The fourth-order valence-corrected chi connectivity index (χ4v) is 3.59. The Labute approximate surface area is 171 Å². The van der Waals surface area contributed by atoms with Gasteiger partial charge in [0.25, 0.3) is 0 Å². The molecule has 28 heavy (non-hydrogen) atoms. The largest absolute Gasteiger partial charge is 0.358 e. The van der Waals surface area contributed by atoms with Gasteiger partial charge in [-0.1, -0.05) is 54.1 Å². The van der Waals surface area contributed by atoms with E-state index < -0.39 is 0 Å². The highest BCUT2D eigenvalue weighted by Crippen LogP contribution is 2.23. The van der Waals surface area contributed by atoms with E-state index in [0.717, 1.165) is 31.0 Å². The first-order chi connectivity index (χ1) is 13.7. The number of aryl methyl sites for hydroxylation is 1. The van der Waals surface area contributed by atoms with E-state index in [9.17, 15) is 0 Å². The molecule has 4 rings (SSSR count). The molecule has 2 aromatic carbocycles. The topological polar surface area (TPSA) is 40.2 Å². The number of benzene rings is 2. The van der Waals surface area contributed by atoms with Crippen LogP contribution in [0, 0.1) is 6.92 Å². The van der Waals surface area contributed by atoms with Crippen molar-refractivity contribution in [2.75, 3.05) is 16.8 Å². The van der Waals surface area contributed by atoms with Gasteiger partial charge in [0.15, 0.2) is 5.11 Å². The van der Waals surface area contributed by atoms with Gasteiger partial charge in [-0.25, -0.2) is 4.98 Å². The maximum Gasteiger partial charge on any atom is 0.171 e. The molecule has 1 aromatic heterocycles. The lowest BCUT2D eigenvalue weighted by molar-refractivity contribution is 0.721. The number of hydrogen-bond acceptors (Lipinski definition) is 3. The van der Waals surface area contributed by atoms with Gasteiger partial charge in [-0.2, -0.15) is 0 Å². The molecule has 4 nitrogen and oxygen atoms in total. The van der Waals surface area contributed by atoms with Crippen LogP contribution in [0.1, 0.15) is 22.3 Å². The lowest BCUT2D eigenvalue weighted by atomic mass is 10.00. The van der Waals surface area contributed by atoms with E-state index in [1.54, 1.807) is 0 Å². The molecule has 5 heteroatoms. The van der Waals surface area contributed by atoms with Crippen LogP contribution < -0.4 is 15.5 Å². The minimum atomic E-state index is 0.599. The molecule has 0 saturated heterocycles. The van der Waals surface area contributed by atoms with Gasteiger partial charge >= 0.3 is 0 Å². The predicted octanol–water partition coefficient (Wildman–Crippen LogP) is 4.44. The SMILES string of the molecule is Cc1ccc(CNC(=S)Nc2ccc(N3CCc4ccccc4C3)nc2)cc1. The number of hydrogen-bond donors (Lipinski definition) is 2. The number of rotatable bonds is 4. The molecule has 0 aliphatic carbocycles. The summed E-state index contributed by atoms with van der Waals surface area (Å²) in [5, 5.41) is 7.05. The van der Waals surface area contributed by atoms with Crippen LogP contribution in [0.5, 0.6) is 0 Å². The molecule has 0 unspecified atom stereocenters. The first kappa shape index (κ1) is 18.4. The maximum atomic E-state index is 5.40. The van der Waals surface area contributed by atoms with Gasteiger partial charge in [0.1, 0.15) is 5.82 Å². The van der Waals surface area contributed by atoms with Gasteiger partial charge in [0.2, 0.25) is 0 Å². The van der Waals surface area contributed by atoms with E-state index >= 15 is 0 Å². The van der Waals surface area contributed by atoms with E-state index in [0.29, 0.717) is 11.7 Å². The number of aromatic nitrogens is 1. The van der Waals surface area contributed by atoms with Crippen molar-refractivity contribution in [1.29, 1.82) is 0 Å². The summed E-state index contributed by atoms with van der Waals surface area (Å²) in [6.45, 7) is 4.69. The fraction of sp³-hybridized carbons (Fsp3) is 0.217. The fourth-order valence-electron chi connectivity index (χ4n) is 3.40. The molecule has 1 aliphatic heterocycles. The zero-order valence-electron chi connectivity index (χ0n) is 16.0. The highest BCUT2D eigenvalue weighted by molar-refractivity contribution is 7.80. The molecule has 0 saturated carbocycles. The summed E-state index contributed by atoms with van der Waals surface area (Å²) < 4.78 is 0. The summed E-state index contributed by atoms with van der Waals surface area (Å²) in [6.07, 6.45) is 2.90. The normalized spacial score (nSPS) is 13.0. The molecule has 0 atom stereocenters. The molecule has 2 N–H and O–H groups in total. The minimum absolute atomic E-state index is 0.599. The summed E-state index contributed by atoms with van der Waals surface area (Å²) in [7, 11) is 0. The van der Waals surface area contributed by atoms with Gasteiger partial charge in [0.05, 0.1) is 11.9 Å². The van der Waals surface area contributed by atoms with Crippen molar-refractivity contribution in [2.45, 2.75) is 26.4 Å². The Morgan fingerprint density at radius 2 is 1.82 bits per heavy atom. The summed E-state index contributed by atoms with van der Waals surface area (Å²) in [4.78, 5) is 6.95. The van der Waals surface area contributed by atoms with Gasteiger partial charge in [-0.05, 0) is 54.4 Å². The Kier molecular flexibility index (Phi) is 5.53. The molecule has 0 amide bonds. The predicted molar refractivity (Wildman–Crippen MR) is 120 cm³/mol. The zero-order valence-corrected chi connectivity index (χ0v) is 16.8. The molecule has 2 heterocycles. The first-order valence-electron chi connectivity index (χ1n) is 9.55. The van der Waals surface area contributed by atoms with Crippen LogP contribution >= 0.6 is 12.2 Å². The summed E-state index contributed by atoms with van der Waals surface area (Å²) in [5.74, 6) is 0.999. The van der Waals surface area contributed by atoms with Crippen molar-refractivity contribution in [3.63, 3.8) is 0 Å². The van der Waals surface area contributed by atoms with Gasteiger partial charge in [-0.3, -0.25) is 0 Å². The number of thiocarbonyl (C=S) groups is 1. The number of anilines is 2. The van der Waals surface area contributed by atoms with Crippen molar-refractivity contribution in [3.05, 3.63) is 89.1 Å². The van der Waals surface area contributed by atoms with Crippen molar-refractivity contribution < 1.29 is 0 Å². The molecular formula is C23H24N4S. The molecule has 1 aliphatic rings. The van der Waals surface area contributed by atoms with Crippen LogP contribution in [-0.4, -0.2) is 16.6 Å². The van der Waals surface area contributed by atoms with Crippen molar-refractivity contribution in [1.82, 2.24) is 10.3 Å². The Morgan fingerprint density at radius 3 is 2.57 bits per heavy atom. The molecular weight excluding hydrogens is 364 g/mol. The van der Waals surface area contributed by atoms with Crippen molar-refractivity contribution >= 4 is 28.8 Å².